The molecule has 1 amide bonds. The number of carbonyl (C=O) groups is 2. The minimum Gasteiger partial charge on any atom is -0.480 e. The second-order valence-corrected chi connectivity index (χ2v) is 3.86. The van der Waals surface area contributed by atoms with Crippen LogP contribution in [-0.4, -0.2) is 35.3 Å². The van der Waals surface area contributed by atoms with Gasteiger partial charge in [0.1, 0.15) is 6.54 Å². The zero-order chi connectivity index (χ0) is 13.4. The molecule has 0 aromatic heterocycles. The van der Waals surface area contributed by atoms with Crippen LogP contribution in [0.2, 0.25) is 0 Å². The van der Waals surface area contributed by atoms with Gasteiger partial charge in [0.05, 0.1) is 5.92 Å². The monoisotopic (exact) mass is 252 g/mol. The summed E-state index contributed by atoms with van der Waals surface area (Å²) < 4.78 is 0. The molecule has 4 N–H and O–H groups in total. The van der Waals surface area contributed by atoms with Crippen molar-refractivity contribution in [2.45, 2.75) is 6.42 Å². The van der Waals surface area contributed by atoms with Crippen LogP contribution in [0.5, 0.6) is 0 Å². The molecule has 1 aromatic rings. The first-order valence-corrected chi connectivity index (χ1v) is 5.54. The summed E-state index contributed by atoms with van der Waals surface area (Å²) >= 11 is 0. The number of aliphatic carboxylic acids is 1. The molecular formula is C12H16N2O4. The summed E-state index contributed by atoms with van der Waals surface area (Å²) in [6.45, 7) is -0.351. The van der Waals surface area contributed by atoms with E-state index in [-0.39, 0.29) is 6.54 Å². The Kier molecular flexibility index (Phi) is 5.83. The average Bonchev–Trinajstić information content (AvgIpc) is 2.36. The largest absolute Gasteiger partial charge is 0.480 e. The fourth-order valence-corrected chi connectivity index (χ4v) is 1.57. The summed E-state index contributed by atoms with van der Waals surface area (Å²) in [4.78, 5) is 22.1. The Labute approximate surface area is 105 Å². The highest BCUT2D eigenvalue weighted by Gasteiger charge is 2.18. The Bertz CT molecular complexity index is 394. The first-order valence-electron chi connectivity index (χ1n) is 5.54. The number of carboxylic acid groups (broad SMARTS) is 1. The van der Waals surface area contributed by atoms with E-state index in [1.165, 1.54) is 0 Å². The minimum absolute atomic E-state index is 0.0698. The molecular weight excluding hydrogens is 236 g/mol. The summed E-state index contributed by atoms with van der Waals surface area (Å²) in [5.41, 5.74) is 2.90. The number of carbonyl (C=O) groups excluding carboxylic acids is 1. The number of nitrogens with one attached hydrogen (secondary N) is 2. The molecule has 0 saturated carbocycles. The van der Waals surface area contributed by atoms with Crippen LogP contribution in [0.1, 0.15) is 5.56 Å². The van der Waals surface area contributed by atoms with Gasteiger partial charge in [-0.1, -0.05) is 30.3 Å². The van der Waals surface area contributed by atoms with Crippen molar-refractivity contribution in [3.05, 3.63) is 35.9 Å². The van der Waals surface area contributed by atoms with Crippen LogP contribution in [0.4, 0.5) is 0 Å². The van der Waals surface area contributed by atoms with E-state index in [1.54, 1.807) is 0 Å². The van der Waals surface area contributed by atoms with Gasteiger partial charge in [-0.2, -0.15) is 0 Å². The molecule has 1 rings (SSSR count). The predicted octanol–water partition coefficient (Wildman–Crippen LogP) is 0.0249. The molecule has 18 heavy (non-hydrogen) atoms. The van der Waals surface area contributed by atoms with Gasteiger partial charge in [0.2, 0.25) is 5.91 Å². The molecule has 0 saturated heterocycles. The Morgan fingerprint density at radius 2 is 1.89 bits per heavy atom. The van der Waals surface area contributed by atoms with Crippen LogP contribution in [0.25, 0.3) is 0 Å². The van der Waals surface area contributed by atoms with Crippen molar-refractivity contribution < 1.29 is 19.9 Å². The Morgan fingerprint density at radius 3 is 2.44 bits per heavy atom. The summed E-state index contributed by atoms with van der Waals surface area (Å²) in [7, 11) is 0. The van der Waals surface area contributed by atoms with Crippen molar-refractivity contribution in [3.63, 3.8) is 0 Å². The standard InChI is InChI=1S/C12H16N2O4/c15-11(16)8-13-12(17)10(7-14-18)6-9-4-2-1-3-5-9/h1-5,10,14,18H,6-8H2,(H,13,17)(H,15,16). The van der Waals surface area contributed by atoms with Gasteiger partial charge in [0.25, 0.3) is 0 Å². The Hall–Kier alpha value is -1.92. The van der Waals surface area contributed by atoms with Crippen LogP contribution in [0.15, 0.2) is 30.3 Å². The molecule has 1 aromatic carbocycles. The fraction of sp³-hybridized carbons (Fsp3) is 0.333. The van der Waals surface area contributed by atoms with Crippen molar-refractivity contribution in [2.24, 2.45) is 5.92 Å². The van der Waals surface area contributed by atoms with Crippen molar-refractivity contribution >= 4 is 11.9 Å². The summed E-state index contributed by atoms with van der Waals surface area (Å²) in [5.74, 6) is -2.02. The second kappa shape index (κ2) is 7.41. The number of rotatable bonds is 7. The maximum atomic E-state index is 11.7. The molecule has 6 heteroatoms. The maximum absolute atomic E-state index is 11.7. The zero-order valence-electron chi connectivity index (χ0n) is 9.80. The Balaban J connectivity index is 2.58. The number of hydrogen-bond donors (Lipinski definition) is 4. The van der Waals surface area contributed by atoms with Crippen LogP contribution < -0.4 is 10.8 Å². The maximum Gasteiger partial charge on any atom is 0.322 e. The van der Waals surface area contributed by atoms with Gasteiger partial charge in [-0.25, -0.2) is 5.48 Å². The number of hydroxylamine groups is 1. The molecule has 1 unspecified atom stereocenters. The van der Waals surface area contributed by atoms with Crippen LogP contribution in [0.3, 0.4) is 0 Å². The van der Waals surface area contributed by atoms with E-state index in [0.29, 0.717) is 6.42 Å². The molecule has 0 heterocycles. The normalized spacial score (nSPS) is 11.8. The SMILES string of the molecule is O=C(O)CNC(=O)C(CNO)Cc1ccccc1. The molecule has 0 radical (unpaired) electrons. The number of hydrogen-bond acceptors (Lipinski definition) is 4. The third-order valence-electron chi connectivity index (χ3n) is 2.45. The van der Waals surface area contributed by atoms with E-state index in [2.05, 4.69) is 5.32 Å². The highest BCUT2D eigenvalue weighted by atomic mass is 16.5. The smallest absolute Gasteiger partial charge is 0.322 e. The topological polar surface area (TPSA) is 98.7 Å². The third-order valence-corrected chi connectivity index (χ3v) is 2.45. The highest BCUT2D eigenvalue weighted by molar-refractivity contribution is 5.83. The quantitative estimate of drug-likeness (QED) is 0.513. The summed E-state index contributed by atoms with van der Waals surface area (Å²) in [6.07, 6.45) is 0.430. The first kappa shape index (κ1) is 14.1. The van der Waals surface area contributed by atoms with Crippen molar-refractivity contribution in [1.29, 1.82) is 0 Å². The highest BCUT2D eigenvalue weighted by Crippen LogP contribution is 2.08. The lowest BCUT2D eigenvalue weighted by molar-refractivity contribution is -0.138. The predicted molar refractivity (Wildman–Crippen MR) is 64.1 cm³/mol. The summed E-state index contributed by atoms with van der Waals surface area (Å²) in [5, 5.41) is 19.5. The molecule has 1 atom stereocenters. The van der Waals surface area contributed by atoms with Gasteiger partial charge >= 0.3 is 5.97 Å². The molecule has 0 aliphatic rings. The molecule has 0 spiro atoms. The third kappa shape index (κ3) is 4.94. The van der Waals surface area contributed by atoms with Gasteiger partial charge in [-0.3, -0.25) is 9.59 Å². The molecule has 0 aliphatic carbocycles. The average molecular weight is 252 g/mol. The van der Waals surface area contributed by atoms with E-state index in [9.17, 15) is 9.59 Å². The summed E-state index contributed by atoms with van der Waals surface area (Å²) in [6, 6.07) is 9.32. The zero-order valence-corrected chi connectivity index (χ0v) is 9.80. The van der Waals surface area contributed by atoms with Gasteiger partial charge in [-0.15, -0.1) is 0 Å². The van der Waals surface area contributed by atoms with Crippen LogP contribution in [0, 0.1) is 5.92 Å². The van der Waals surface area contributed by atoms with E-state index in [1.807, 2.05) is 35.8 Å². The van der Waals surface area contributed by atoms with Gasteiger partial charge in [0, 0.05) is 6.54 Å². The molecule has 6 nitrogen and oxygen atoms in total. The molecule has 0 aliphatic heterocycles. The molecule has 0 bridgehead atoms. The number of carboxylic acids is 1. The second-order valence-electron chi connectivity index (χ2n) is 3.86. The van der Waals surface area contributed by atoms with Crippen molar-refractivity contribution in [2.75, 3.05) is 13.1 Å². The molecule has 0 fully saturated rings. The number of amides is 1. The lowest BCUT2D eigenvalue weighted by Crippen LogP contribution is -2.39. The van der Waals surface area contributed by atoms with E-state index >= 15 is 0 Å². The van der Waals surface area contributed by atoms with Gasteiger partial charge < -0.3 is 15.6 Å². The van der Waals surface area contributed by atoms with Crippen LogP contribution in [-0.2, 0) is 16.0 Å². The lowest BCUT2D eigenvalue weighted by Gasteiger charge is -2.15. The van der Waals surface area contributed by atoms with Gasteiger partial charge in [0.15, 0.2) is 0 Å². The lowest BCUT2D eigenvalue weighted by atomic mass is 9.98. The van der Waals surface area contributed by atoms with Crippen LogP contribution >= 0.6 is 0 Å². The van der Waals surface area contributed by atoms with E-state index < -0.39 is 24.3 Å². The van der Waals surface area contributed by atoms with E-state index in [0.717, 1.165) is 5.56 Å². The number of benzene rings is 1. The first-order chi connectivity index (χ1) is 8.63. The molecule has 98 valence electrons. The van der Waals surface area contributed by atoms with Crippen molar-refractivity contribution in [3.8, 4) is 0 Å². The van der Waals surface area contributed by atoms with Gasteiger partial charge in [-0.05, 0) is 12.0 Å². The Morgan fingerprint density at radius 1 is 1.22 bits per heavy atom. The van der Waals surface area contributed by atoms with E-state index in [4.69, 9.17) is 10.3 Å². The van der Waals surface area contributed by atoms with Crippen molar-refractivity contribution in [1.82, 2.24) is 10.8 Å². The fourth-order valence-electron chi connectivity index (χ4n) is 1.57. The minimum atomic E-state index is -1.10.